The molecule has 0 atom stereocenters. The second-order valence-corrected chi connectivity index (χ2v) is 3.96. The first-order chi connectivity index (χ1) is 6.90. The third-order valence-corrected chi connectivity index (χ3v) is 3.34. The van der Waals surface area contributed by atoms with Gasteiger partial charge in [0.05, 0.1) is 4.55 Å². The molecule has 1 aromatic rings. The molecule has 76 valence electrons. The van der Waals surface area contributed by atoms with Crippen molar-refractivity contribution in [2.45, 2.75) is 0 Å². The molecule has 0 N–H and O–H groups in total. The summed E-state index contributed by atoms with van der Waals surface area (Å²) in [4.78, 5) is 13.2. The van der Waals surface area contributed by atoms with Crippen LogP contribution in [0.5, 0.6) is 0 Å². The van der Waals surface area contributed by atoms with Gasteiger partial charge in [0, 0.05) is 38.6 Å². The Balaban J connectivity index is 1.96. The van der Waals surface area contributed by atoms with Crippen LogP contribution in [0.2, 0.25) is 0 Å². The molecule has 0 aromatic carbocycles. The summed E-state index contributed by atoms with van der Waals surface area (Å²) >= 11 is 2.40. The lowest BCUT2D eigenvalue weighted by molar-refractivity contribution is 0.305. The first-order valence-corrected chi connectivity index (χ1v) is 6.23. The van der Waals surface area contributed by atoms with Crippen molar-refractivity contribution in [2.75, 3.05) is 35.6 Å². The predicted molar refractivity (Wildman–Crippen MR) is 64.7 cm³/mol. The number of halogens is 1. The van der Waals surface area contributed by atoms with Crippen LogP contribution in [0.4, 0.5) is 5.95 Å². The number of aromatic nitrogens is 2. The van der Waals surface area contributed by atoms with E-state index in [9.17, 15) is 0 Å². The summed E-state index contributed by atoms with van der Waals surface area (Å²) in [6.45, 7) is 4.29. The molecule has 2 heterocycles. The van der Waals surface area contributed by atoms with Crippen LogP contribution in [0.25, 0.3) is 0 Å². The molecular weight excluding hydrogens is 291 g/mol. The summed E-state index contributed by atoms with van der Waals surface area (Å²) in [5, 5.41) is 0. The third-order valence-electron chi connectivity index (χ3n) is 2.38. The van der Waals surface area contributed by atoms with Gasteiger partial charge in [-0.25, -0.2) is 9.97 Å². The second-order valence-electron chi connectivity index (χ2n) is 3.27. The van der Waals surface area contributed by atoms with E-state index in [0.717, 1.165) is 36.7 Å². The third kappa shape index (κ3) is 2.33. The van der Waals surface area contributed by atoms with E-state index >= 15 is 0 Å². The largest absolute Gasteiger partial charge is 0.338 e. The fraction of sp³-hybridized carbons (Fsp3) is 0.556. The van der Waals surface area contributed by atoms with Crippen molar-refractivity contribution in [1.29, 1.82) is 0 Å². The molecule has 2 rings (SSSR count). The first-order valence-electron chi connectivity index (χ1n) is 4.70. The smallest absolute Gasteiger partial charge is 0.225 e. The van der Waals surface area contributed by atoms with Crippen LogP contribution < -0.4 is 4.90 Å². The second kappa shape index (κ2) is 4.88. The molecule has 0 radical (unpaired) electrons. The Morgan fingerprint density at radius 3 is 2.36 bits per heavy atom. The molecule has 0 spiro atoms. The minimum Gasteiger partial charge on any atom is -0.338 e. The van der Waals surface area contributed by atoms with Gasteiger partial charge in [-0.1, -0.05) is 22.6 Å². The number of rotatable bonds is 2. The summed E-state index contributed by atoms with van der Waals surface area (Å²) < 4.78 is 1.11. The molecule has 0 saturated carbocycles. The summed E-state index contributed by atoms with van der Waals surface area (Å²) in [5.74, 6) is 0.862. The molecule has 1 aliphatic heterocycles. The van der Waals surface area contributed by atoms with Gasteiger partial charge in [0.25, 0.3) is 0 Å². The highest BCUT2D eigenvalue weighted by molar-refractivity contribution is 14.1. The Morgan fingerprint density at radius 1 is 1.14 bits per heavy atom. The number of nitrogens with zero attached hydrogens (tertiary/aromatic N) is 4. The lowest BCUT2D eigenvalue weighted by Gasteiger charge is -2.33. The van der Waals surface area contributed by atoms with Crippen molar-refractivity contribution in [1.82, 2.24) is 14.9 Å². The summed E-state index contributed by atoms with van der Waals surface area (Å²) in [6, 6.07) is 1.85. The molecule has 0 unspecified atom stereocenters. The lowest BCUT2D eigenvalue weighted by Crippen LogP contribution is -2.46. The van der Waals surface area contributed by atoms with Crippen LogP contribution in [0.3, 0.4) is 0 Å². The minimum absolute atomic E-state index is 0.862. The van der Waals surface area contributed by atoms with Crippen LogP contribution in [-0.4, -0.2) is 45.6 Å². The van der Waals surface area contributed by atoms with E-state index in [4.69, 9.17) is 0 Å². The average molecular weight is 304 g/mol. The SMILES string of the molecule is ICN1CCN(c2ncccn2)CC1. The van der Waals surface area contributed by atoms with Gasteiger partial charge in [-0.2, -0.15) is 0 Å². The Labute approximate surface area is 97.5 Å². The Bertz CT molecular complexity index is 271. The number of hydrogen-bond acceptors (Lipinski definition) is 4. The number of anilines is 1. The molecule has 4 nitrogen and oxygen atoms in total. The molecule has 1 aliphatic rings. The zero-order valence-electron chi connectivity index (χ0n) is 7.93. The summed E-state index contributed by atoms with van der Waals surface area (Å²) in [7, 11) is 0. The summed E-state index contributed by atoms with van der Waals surface area (Å²) in [5.41, 5.74) is 0. The molecule has 1 fully saturated rings. The lowest BCUT2D eigenvalue weighted by atomic mass is 10.3. The predicted octanol–water partition coefficient (Wildman–Crippen LogP) is 0.991. The Hall–Kier alpha value is -0.430. The highest BCUT2D eigenvalue weighted by Gasteiger charge is 2.17. The Kier molecular flexibility index (Phi) is 3.52. The van der Waals surface area contributed by atoms with Gasteiger partial charge in [-0.3, -0.25) is 4.90 Å². The fourth-order valence-electron chi connectivity index (χ4n) is 1.52. The maximum Gasteiger partial charge on any atom is 0.225 e. The highest BCUT2D eigenvalue weighted by Crippen LogP contribution is 2.09. The molecule has 1 aromatic heterocycles. The van der Waals surface area contributed by atoms with Crippen molar-refractivity contribution < 1.29 is 0 Å². The topological polar surface area (TPSA) is 32.3 Å². The number of piperazine rings is 1. The van der Waals surface area contributed by atoms with Crippen molar-refractivity contribution in [3.8, 4) is 0 Å². The Morgan fingerprint density at radius 2 is 1.79 bits per heavy atom. The fourth-order valence-corrected chi connectivity index (χ4v) is 2.20. The molecule has 0 aliphatic carbocycles. The van der Waals surface area contributed by atoms with Gasteiger partial charge in [0.2, 0.25) is 5.95 Å². The van der Waals surface area contributed by atoms with E-state index in [2.05, 4.69) is 42.4 Å². The van der Waals surface area contributed by atoms with Gasteiger partial charge in [-0.15, -0.1) is 0 Å². The monoisotopic (exact) mass is 304 g/mol. The van der Waals surface area contributed by atoms with E-state index in [1.165, 1.54) is 0 Å². The van der Waals surface area contributed by atoms with Crippen molar-refractivity contribution in [3.63, 3.8) is 0 Å². The van der Waals surface area contributed by atoms with Crippen LogP contribution in [-0.2, 0) is 0 Å². The van der Waals surface area contributed by atoms with Gasteiger partial charge < -0.3 is 4.90 Å². The quantitative estimate of drug-likeness (QED) is 0.463. The molecule has 1 saturated heterocycles. The van der Waals surface area contributed by atoms with E-state index in [1.807, 2.05) is 6.07 Å². The van der Waals surface area contributed by atoms with Crippen molar-refractivity contribution in [2.24, 2.45) is 0 Å². The van der Waals surface area contributed by atoms with Crippen LogP contribution in [0.1, 0.15) is 0 Å². The van der Waals surface area contributed by atoms with E-state index in [0.29, 0.717) is 0 Å². The normalized spacial score (nSPS) is 18.5. The van der Waals surface area contributed by atoms with Gasteiger partial charge in [0.15, 0.2) is 0 Å². The molecule has 14 heavy (non-hydrogen) atoms. The maximum atomic E-state index is 4.25. The highest BCUT2D eigenvalue weighted by atomic mass is 127. The molecule has 0 amide bonds. The van der Waals surface area contributed by atoms with E-state index in [1.54, 1.807) is 12.4 Å². The minimum atomic E-state index is 0.862. The standard InChI is InChI=1S/C9H13IN4/c10-8-13-4-6-14(7-5-13)9-11-2-1-3-12-9/h1-3H,4-8H2. The van der Waals surface area contributed by atoms with Crippen LogP contribution in [0.15, 0.2) is 18.5 Å². The maximum absolute atomic E-state index is 4.25. The first kappa shape index (κ1) is 10.1. The van der Waals surface area contributed by atoms with E-state index < -0.39 is 0 Å². The zero-order chi connectivity index (χ0) is 9.80. The number of alkyl halides is 1. The van der Waals surface area contributed by atoms with Crippen LogP contribution in [0, 0.1) is 0 Å². The molecule has 5 heteroatoms. The zero-order valence-corrected chi connectivity index (χ0v) is 10.1. The summed E-state index contributed by atoms with van der Waals surface area (Å²) in [6.07, 6.45) is 3.60. The van der Waals surface area contributed by atoms with Gasteiger partial charge in [0.1, 0.15) is 0 Å². The molecular formula is C9H13IN4. The van der Waals surface area contributed by atoms with Crippen molar-refractivity contribution >= 4 is 28.5 Å². The van der Waals surface area contributed by atoms with Crippen LogP contribution >= 0.6 is 22.6 Å². The van der Waals surface area contributed by atoms with Gasteiger partial charge >= 0.3 is 0 Å². The van der Waals surface area contributed by atoms with Gasteiger partial charge in [-0.05, 0) is 6.07 Å². The average Bonchev–Trinajstić information content (AvgIpc) is 2.30. The van der Waals surface area contributed by atoms with Crippen molar-refractivity contribution in [3.05, 3.63) is 18.5 Å². The number of hydrogen-bond donors (Lipinski definition) is 0. The molecule has 0 bridgehead atoms. The van der Waals surface area contributed by atoms with E-state index in [-0.39, 0.29) is 0 Å².